The van der Waals surface area contributed by atoms with Crippen molar-refractivity contribution >= 4 is 28.0 Å². The van der Waals surface area contributed by atoms with E-state index >= 15 is 0 Å². The number of fused-ring (bicyclic) bond motifs is 1. The second-order valence-electron chi connectivity index (χ2n) is 2.52. The zero-order valence-electron chi connectivity index (χ0n) is 6.75. The van der Waals surface area contributed by atoms with E-state index in [1.807, 2.05) is 0 Å². The van der Waals surface area contributed by atoms with Crippen LogP contribution in [0.15, 0.2) is 18.2 Å². The average Bonchev–Trinajstić information content (AvgIpc) is 2.47. The predicted molar refractivity (Wildman–Crippen MR) is 47.3 cm³/mol. The van der Waals surface area contributed by atoms with Crippen molar-refractivity contribution in [2.75, 3.05) is 4.72 Å². The van der Waals surface area contributed by atoms with Gasteiger partial charge >= 0.3 is 0 Å². The zero-order valence-corrected chi connectivity index (χ0v) is 7.56. The van der Waals surface area contributed by atoms with Crippen LogP contribution in [0, 0.1) is 0 Å². The number of nitrogens with one attached hydrogen (secondary N) is 1. The minimum Gasteiger partial charge on any atom is -0.755 e. The monoisotopic (exact) mass is 213 g/mol. The molecule has 8 heteroatoms. The molecule has 0 radical (unpaired) electrons. The first-order valence-corrected chi connectivity index (χ1v) is 4.65. The maximum Gasteiger partial charge on any atom is 0.132 e. The topological polar surface area (TPSA) is 103 Å². The van der Waals surface area contributed by atoms with Crippen LogP contribution in [0.3, 0.4) is 0 Å². The predicted octanol–water partition coefficient (Wildman–Crippen LogP) is -0.125. The van der Waals surface area contributed by atoms with Crippen LogP contribution in [0.4, 0.5) is 5.69 Å². The third-order valence-electron chi connectivity index (χ3n) is 1.63. The van der Waals surface area contributed by atoms with E-state index in [9.17, 15) is 8.76 Å². The summed E-state index contributed by atoms with van der Waals surface area (Å²) in [5, 5.41) is 16.1. The summed E-state index contributed by atoms with van der Waals surface area (Å²) in [5.74, 6) is 0. The molecule has 0 spiro atoms. The van der Waals surface area contributed by atoms with E-state index in [4.69, 9.17) is 5.21 Å². The van der Waals surface area contributed by atoms with Gasteiger partial charge in [-0.25, -0.2) is 0 Å². The fourth-order valence-electron chi connectivity index (χ4n) is 1.07. The molecule has 2 aromatic rings. The molecule has 7 nitrogen and oxygen atoms in total. The van der Waals surface area contributed by atoms with Crippen LogP contribution < -0.4 is 4.72 Å². The second kappa shape index (κ2) is 3.24. The lowest BCUT2D eigenvalue weighted by Crippen LogP contribution is -2.02. The molecule has 14 heavy (non-hydrogen) atoms. The molecule has 1 unspecified atom stereocenters. The van der Waals surface area contributed by atoms with E-state index in [-0.39, 0.29) is 0 Å². The third-order valence-corrected chi connectivity index (χ3v) is 2.03. The van der Waals surface area contributed by atoms with Gasteiger partial charge in [-0.3, -0.25) is 4.21 Å². The van der Waals surface area contributed by atoms with Gasteiger partial charge in [-0.2, -0.15) is 0 Å². The summed E-state index contributed by atoms with van der Waals surface area (Å²) in [6.45, 7) is 0. The molecular formula is C6H5N4O3S-. The minimum absolute atomic E-state index is 0.334. The number of hydrogen-bond acceptors (Lipinski definition) is 5. The van der Waals surface area contributed by atoms with Crippen molar-refractivity contribution < 1.29 is 14.0 Å². The van der Waals surface area contributed by atoms with Crippen LogP contribution in [0.25, 0.3) is 11.0 Å². The first kappa shape index (κ1) is 8.91. The normalized spacial score (nSPS) is 12.9. The molecule has 2 N–H and O–H groups in total. The van der Waals surface area contributed by atoms with Gasteiger partial charge in [-0.1, -0.05) is 4.85 Å². The Morgan fingerprint density at radius 3 is 3.07 bits per heavy atom. The van der Waals surface area contributed by atoms with Gasteiger partial charge in [0.25, 0.3) is 0 Å². The Morgan fingerprint density at radius 1 is 1.57 bits per heavy atom. The summed E-state index contributed by atoms with van der Waals surface area (Å²) in [7, 11) is 0. The number of aromatic nitrogens is 3. The Balaban J connectivity index is 2.49. The molecule has 0 aliphatic carbocycles. The Kier molecular flexibility index (Phi) is 2.06. The lowest BCUT2D eigenvalue weighted by Gasteiger charge is -2.07. The van der Waals surface area contributed by atoms with Crippen LogP contribution in [0.1, 0.15) is 0 Å². The summed E-state index contributed by atoms with van der Waals surface area (Å²) < 4.78 is 22.8. The molecule has 0 aliphatic heterocycles. The van der Waals surface area contributed by atoms with E-state index in [1.54, 1.807) is 6.07 Å². The highest BCUT2D eigenvalue weighted by atomic mass is 32.2. The SMILES string of the molecule is O=S([O-])Nc1ccc2nnn(O)c2c1. The van der Waals surface area contributed by atoms with E-state index in [0.29, 0.717) is 21.6 Å². The number of hydrogen-bond donors (Lipinski definition) is 2. The highest BCUT2D eigenvalue weighted by Gasteiger charge is 2.03. The standard InChI is InChI=1S/C6H6N4O3S/c11-10-6-3-4(8-14(12)13)1-2-5(6)7-9-10/h1-3,8,11H,(H,12,13)/p-1. The van der Waals surface area contributed by atoms with Crippen LogP contribution >= 0.6 is 0 Å². The van der Waals surface area contributed by atoms with E-state index < -0.39 is 11.3 Å². The van der Waals surface area contributed by atoms with Crippen molar-refractivity contribution in [3.05, 3.63) is 18.2 Å². The Hall–Kier alpha value is -1.67. The first-order chi connectivity index (χ1) is 6.66. The molecule has 2 rings (SSSR count). The maximum absolute atomic E-state index is 10.3. The molecule has 1 aromatic heterocycles. The van der Waals surface area contributed by atoms with Crippen molar-refractivity contribution in [3.8, 4) is 0 Å². The summed E-state index contributed by atoms with van der Waals surface area (Å²) in [4.78, 5) is 0.578. The fourth-order valence-corrected chi connectivity index (χ4v) is 1.39. The van der Waals surface area contributed by atoms with E-state index in [0.717, 1.165) is 0 Å². The van der Waals surface area contributed by atoms with Crippen LogP contribution in [-0.4, -0.2) is 29.1 Å². The largest absolute Gasteiger partial charge is 0.755 e. The molecule has 1 heterocycles. The van der Waals surface area contributed by atoms with E-state index in [2.05, 4.69) is 15.0 Å². The average molecular weight is 213 g/mol. The maximum atomic E-state index is 10.3. The van der Waals surface area contributed by atoms with Crippen molar-refractivity contribution in [1.29, 1.82) is 0 Å². The molecule has 1 aromatic carbocycles. The van der Waals surface area contributed by atoms with Gasteiger partial charge < -0.3 is 14.5 Å². The first-order valence-electron chi connectivity index (χ1n) is 3.57. The van der Waals surface area contributed by atoms with Crippen molar-refractivity contribution in [2.24, 2.45) is 0 Å². The van der Waals surface area contributed by atoms with Crippen molar-refractivity contribution in [3.63, 3.8) is 0 Å². The number of rotatable bonds is 2. The molecule has 74 valence electrons. The quantitative estimate of drug-likeness (QED) is 0.534. The van der Waals surface area contributed by atoms with Gasteiger partial charge in [0.15, 0.2) is 0 Å². The number of anilines is 1. The van der Waals surface area contributed by atoms with Gasteiger partial charge in [-0.15, -0.1) is 5.10 Å². The molecule has 0 saturated heterocycles. The van der Waals surface area contributed by atoms with E-state index in [1.165, 1.54) is 12.1 Å². The highest BCUT2D eigenvalue weighted by molar-refractivity contribution is 7.80. The van der Waals surface area contributed by atoms with Gasteiger partial charge in [0.2, 0.25) is 0 Å². The molecule has 0 saturated carbocycles. The summed E-state index contributed by atoms with van der Waals surface area (Å²) >= 11 is -2.39. The second-order valence-corrected chi connectivity index (χ2v) is 3.19. The molecular weight excluding hydrogens is 208 g/mol. The zero-order chi connectivity index (χ0) is 10.1. The number of nitrogens with zero attached hydrogens (tertiary/aromatic N) is 3. The van der Waals surface area contributed by atoms with Crippen molar-refractivity contribution in [2.45, 2.75) is 0 Å². The summed E-state index contributed by atoms with van der Waals surface area (Å²) in [5.41, 5.74) is 1.15. The minimum atomic E-state index is -2.39. The summed E-state index contributed by atoms with van der Waals surface area (Å²) in [6, 6.07) is 4.49. The fraction of sp³-hybridized carbons (Fsp3) is 0. The lowest BCUT2D eigenvalue weighted by molar-refractivity contribution is 0.155. The third kappa shape index (κ3) is 1.52. The molecule has 0 bridgehead atoms. The highest BCUT2D eigenvalue weighted by Crippen LogP contribution is 2.16. The molecule has 1 atom stereocenters. The van der Waals surface area contributed by atoms with Crippen LogP contribution in [0.5, 0.6) is 0 Å². The smallest absolute Gasteiger partial charge is 0.132 e. The van der Waals surface area contributed by atoms with Crippen molar-refractivity contribution in [1.82, 2.24) is 15.2 Å². The van der Waals surface area contributed by atoms with Gasteiger partial charge in [0.05, 0.1) is 0 Å². The van der Waals surface area contributed by atoms with Crippen LogP contribution in [-0.2, 0) is 11.3 Å². The molecule has 0 fully saturated rings. The number of benzene rings is 1. The molecule has 0 amide bonds. The Bertz CT molecular complexity index is 497. The summed E-state index contributed by atoms with van der Waals surface area (Å²) in [6.07, 6.45) is 0. The van der Waals surface area contributed by atoms with Gasteiger partial charge in [-0.05, 0) is 23.4 Å². The van der Waals surface area contributed by atoms with Gasteiger partial charge in [0, 0.05) is 17.0 Å². The van der Waals surface area contributed by atoms with Gasteiger partial charge in [0.1, 0.15) is 11.0 Å². The lowest BCUT2D eigenvalue weighted by atomic mass is 10.3. The Labute approximate surface area is 80.7 Å². The molecule has 0 aliphatic rings. The van der Waals surface area contributed by atoms with Crippen LogP contribution in [0.2, 0.25) is 0 Å². The Morgan fingerprint density at radius 2 is 2.36 bits per heavy atom.